The highest BCUT2D eigenvalue weighted by Gasteiger charge is 2.41. The van der Waals surface area contributed by atoms with E-state index in [0.29, 0.717) is 0 Å². The van der Waals surface area contributed by atoms with Gasteiger partial charge in [-0.2, -0.15) is 0 Å². The first-order chi connectivity index (χ1) is 9.78. The van der Waals surface area contributed by atoms with Crippen LogP contribution in [0.15, 0.2) is 36.5 Å². The Labute approximate surface area is 118 Å². The summed E-state index contributed by atoms with van der Waals surface area (Å²) in [6, 6.07) is 10.1. The maximum Gasteiger partial charge on any atom is 0.138 e. The Kier molecular flexibility index (Phi) is 3.85. The van der Waals surface area contributed by atoms with Gasteiger partial charge in [0.25, 0.3) is 0 Å². The average Bonchev–Trinajstić information content (AvgIpc) is 2.47. The predicted molar refractivity (Wildman–Crippen MR) is 78.8 cm³/mol. The molecule has 4 nitrogen and oxygen atoms in total. The zero-order chi connectivity index (χ0) is 13.9. The zero-order valence-electron chi connectivity index (χ0n) is 11.7. The lowest BCUT2D eigenvalue weighted by molar-refractivity contribution is -0.0980. The summed E-state index contributed by atoms with van der Waals surface area (Å²) in [5.41, 5.74) is 6.95. The molecule has 3 rings (SSSR count). The van der Waals surface area contributed by atoms with E-state index in [0.717, 1.165) is 36.1 Å². The van der Waals surface area contributed by atoms with Crippen molar-refractivity contribution in [2.24, 2.45) is 5.73 Å². The van der Waals surface area contributed by atoms with Gasteiger partial charge in [-0.25, -0.2) is 0 Å². The van der Waals surface area contributed by atoms with E-state index in [1.165, 1.54) is 0 Å². The fourth-order valence-electron chi connectivity index (χ4n) is 2.51. The molecule has 0 bridgehead atoms. The first-order valence-corrected chi connectivity index (χ1v) is 7.16. The van der Waals surface area contributed by atoms with E-state index < -0.39 is 0 Å². The number of benzene rings is 1. The van der Waals surface area contributed by atoms with E-state index in [9.17, 15) is 0 Å². The van der Waals surface area contributed by atoms with Crippen molar-refractivity contribution >= 4 is 10.9 Å². The van der Waals surface area contributed by atoms with Crippen molar-refractivity contribution in [3.8, 4) is 5.75 Å². The molecule has 1 saturated carbocycles. The Hall–Kier alpha value is -1.65. The van der Waals surface area contributed by atoms with Gasteiger partial charge in [-0.3, -0.25) is 4.98 Å². The molecule has 106 valence electrons. The average molecular weight is 272 g/mol. The van der Waals surface area contributed by atoms with Crippen molar-refractivity contribution in [2.75, 3.05) is 6.61 Å². The SMILES string of the molecule is CCCOC1C(N)CC1Oc1cnc2ccccc2c1. The molecule has 1 heterocycles. The fourth-order valence-corrected chi connectivity index (χ4v) is 2.51. The first kappa shape index (κ1) is 13.3. The highest BCUT2D eigenvalue weighted by Crippen LogP contribution is 2.28. The summed E-state index contributed by atoms with van der Waals surface area (Å²) in [7, 11) is 0. The Bertz CT molecular complexity index is 587. The molecule has 0 saturated heterocycles. The van der Waals surface area contributed by atoms with E-state index in [1.807, 2.05) is 30.3 Å². The molecule has 2 N–H and O–H groups in total. The number of fused-ring (bicyclic) bond motifs is 1. The molecule has 4 heteroatoms. The molecule has 3 unspecified atom stereocenters. The highest BCUT2D eigenvalue weighted by atomic mass is 16.5. The summed E-state index contributed by atoms with van der Waals surface area (Å²) < 4.78 is 11.7. The van der Waals surface area contributed by atoms with Crippen molar-refractivity contribution in [1.82, 2.24) is 4.98 Å². The lowest BCUT2D eigenvalue weighted by atomic mass is 9.86. The van der Waals surface area contributed by atoms with Crippen LogP contribution in [0.3, 0.4) is 0 Å². The summed E-state index contributed by atoms with van der Waals surface area (Å²) in [6.45, 7) is 2.82. The Morgan fingerprint density at radius 2 is 2.20 bits per heavy atom. The van der Waals surface area contributed by atoms with Crippen LogP contribution < -0.4 is 10.5 Å². The van der Waals surface area contributed by atoms with Crippen LogP contribution in [0.1, 0.15) is 19.8 Å². The first-order valence-electron chi connectivity index (χ1n) is 7.16. The summed E-state index contributed by atoms with van der Waals surface area (Å²) in [5.74, 6) is 0.783. The molecule has 0 spiro atoms. The predicted octanol–water partition coefficient (Wildman–Crippen LogP) is 2.51. The van der Waals surface area contributed by atoms with Gasteiger partial charge in [-0.1, -0.05) is 25.1 Å². The molecular weight excluding hydrogens is 252 g/mol. The molecule has 1 aromatic carbocycles. The van der Waals surface area contributed by atoms with Gasteiger partial charge in [0.15, 0.2) is 0 Å². The maximum atomic E-state index is 5.98. The summed E-state index contributed by atoms with van der Waals surface area (Å²) in [4.78, 5) is 4.40. The quantitative estimate of drug-likeness (QED) is 0.908. The second kappa shape index (κ2) is 5.77. The molecule has 1 aliphatic rings. The van der Waals surface area contributed by atoms with Crippen LogP contribution in [0, 0.1) is 0 Å². The number of nitrogens with two attached hydrogens (primary N) is 1. The number of ether oxygens (including phenoxy) is 2. The van der Waals surface area contributed by atoms with Gasteiger partial charge >= 0.3 is 0 Å². The molecule has 2 aromatic rings. The summed E-state index contributed by atoms with van der Waals surface area (Å²) in [6.07, 6.45) is 3.64. The number of pyridine rings is 1. The van der Waals surface area contributed by atoms with Crippen molar-refractivity contribution in [3.05, 3.63) is 36.5 Å². The van der Waals surface area contributed by atoms with E-state index in [1.54, 1.807) is 6.20 Å². The van der Waals surface area contributed by atoms with Gasteiger partial charge in [-0.05, 0) is 18.6 Å². The van der Waals surface area contributed by atoms with E-state index in [2.05, 4.69) is 11.9 Å². The second-order valence-corrected chi connectivity index (χ2v) is 5.25. The van der Waals surface area contributed by atoms with Gasteiger partial charge in [-0.15, -0.1) is 0 Å². The van der Waals surface area contributed by atoms with Crippen LogP contribution in [0.2, 0.25) is 0 Å². The van der Waals surface area contributed by atoms with Crippen LogP contribution in [0.4, 0.5) is 0 Å². The van der Waals surface area contributed by atoms with Crippen molar-refractivity contribution in [2.45, 2.75) is 38.0 Å². The molecule has 1 aliphatic carbocycles. The molecular formula is C16H20N2O2. The lowest BCUT2D eigenvalue weighted by Gasteiger charge is -2.41. The molecule has 0 amide bonds. The lowest BCUT2D eigenvalue weighted by Crippen LogP contribution is -2.59. The van der Waals surface area contributed by atoms with Gasteiger partial charge in [0.05, 0.1) is 11.7 Å². The normalized spacial score (nSPS) is 25.4. The van der Waals surface area contributed by atoms with Crippen molar-refractivity contribution < 1.29 is 9.47 Å². The number of hydrogen-bond acceptors (Lipinski definition) is 4. The number of aromatic nitrogens is 1. The maximum absolute atomic E-state index is 5.98. The molecule has 0 aliphatic heterocycles. The van der Waals surface area contributed by atoms with E-state index >= 15 is 0 Å². The van der Waals surface area contributed by atoms with Gasteiger partial charge in [0.2, 0.25) is 0 Å². The van der Waals surface area contributed by atoms with Crippen LogP contribution in [0.5, 0.6) is 5.75 Å². The van der Waals surface area contributed by atoms with Crippen LogP contribution in [-0.2, 0) is 4.74 Å². The largest absolute Gasteiger partial charge is 0.486 e. The highest BCUT2D eigenvalue weighted by molar-refractivity contribution is 5.79. The minimum absolute atomic E-state index is 0.00132. The van der Waals surface area contributed by atoms with Gasteiger partial charge < -0.3 is 15.2 Å². The van der Waals surface area contributed by atoms with E-state index in [-0.39, 0.29) is 18.2 Å². The minimum Gasteiger partial charge on any atom is -0.486 e. The zero-order valence-corrected chi connectivity index (χ0v) is 11.7. The van der Waals surface area contributed by atoms with Gasteiger partial charge in [0, 0.05) is 24.5 Å². The number of hydrogen-bond donors (Lipinski definition) is 1. The third-order valence-corrected chi connectivity index (χ3v) is 3.66. The number of para-hydroxylation sites is 1. The Morgan fingerprint density at radius 3 is 3.00 bits per heavy atom. The number of rotatable bonds is 5. The topological polar surface area (TPSA) is 57.4 Å². The van der Waals surface area contributed by atoms with Crippen molar-refractivity contribution in [3.63, 3.8) is 0 Å². The van der Waals surface area contributed by atoms with E-state index in [4.69, 9.17) is 15.2 Å². The van der Waals surface area contributed by atoms with Gasteiger partial charge in [0.1, 0.15) is 18.0 Å². The van der Waals surface area contributed by atoms with Crippen LogP contribution in [0.25, 0.3) is 10.9 Å². The fraction of sp³-hybridized carbons (Fsp3) is 0.438. The van der Waals surface area contributed by atoms with Crippen LogP contribution >= 0.6 is 0 Å². The monoisotopic (exact) mass is 272 g/mol. The van der Waals surface area contributed by atoms with Crippen molar-refractivity contribution in [1.29, 1.82) is 0 Å². The number of nitrogens with zero attached hydrogens (tertiary/aromatic N) is 1. The second-order valence-electron chi connectivity index (χ2n) is 5.25. The smallest absolute Gasteiger partial charge is 0.138 e. The standard InChI is InChI=1S/C16H20N2O2/c1-2-7-19-16-13(17)9-15(16)20-12-8-11-5-3-4-6-14(11)18-10-12/h3-6,8,10,13,15-16H,2,7,9,17H2,1H3. The van der Waals surface area contributed by atoms with Crippen LogP contribution in [-0.4, -0.2) is 29.8 Å². The summed E-state index contributed by atoms with van der Waals surface area (Å²) in [5, 5.41) is 1.08. The minimum atomic E-state index is 0.00132. The molecule has 3 atom stereocenters. The Balaban J connectivity index is 1.69. The summed E-state index contributed by atoms with van der Waals surface area (Å²) >= 11 is 0. The molecule has 20 heavy (non-hydrogen) atoms. The molecule has 1 fully saturated rings. The third kappa shape index (κ3) is 2.62. The Morgan fingerprint density at radius 1 is 1.35 bits per heavy atom. The molecule has 1 aromatic heterocycles. The molecule has 0 radical (unpaired) electrons. The third-order valence-electron chi connectivity index (χ3n) is 3.66.